The summed E-state index contributed by atoms with van der Waals surface area (Å²) < 4.78 is 0. The Hall–Kier alpha value is -0.803. The third kappa shape index (κ3) is 15.6. The standard InChI is InChI=1S/C15H28N2O4.Li/c1-3-4-5-6-7-8-14(19)16-12-17(11-13(2)18)10-9-15(20)21;/h4-5,13,18H,3,6-12H2,1-2H3,(H,16,19)(H,20,21);/q;+1/p-1/b5-4+;. The van der Waals surface area contributed by atoms with Gasteiger partial charge in [0.15, 0.2) is 0 Å². The molecular weight excluding hydrogens is 279 g/mol. The largest absolute Gasteiger partial charge is 1.00 e. The number of aliphatic imine (C=N–C) groups is 1. The molecule has 0 aromatic carbocycles. The molecule has 0 aliphatic heterocycles. The molecule has 1 atom stereocenters. The van der Waals surface area contributed by atoms with Gasteiger partial charge in [-0.05, 0) is 38.5 Å². The smallest absolute Gasteiger partial charge is 0.862 e. The first-order valence-corrected chi connectivity index (χ1v) is 7.43. The Morgan fingerprint density at radius 2 is 2.05 bits per heavy atom. The van der Waals surface area contributed by atoms with Crippen molar-refractivity contribution >= 4 is 11.9 Å². The second-order valence-electron chi connectivity index (χ2n) is 5.03. The van der Waals surface area contributed by atoms with Crippen molar-refractivity contribution < 1.29 is 39.0 Å². The summed E-state index contributed by atoms with van der Waals surface area (Å²) in [5.41, 5.74) is 0. The molecule has 0 saturated heterocycles. The van der Waals surface area contributed by atoms with Gasteiger partial charge in [0, 0.05) is 13.1 Å². The maximum absolute atomic E-state index is 11.6. The van der Waals surface area contributed by atoms with Crippen molar-refractivity contribution in [3.63, 3.8) is 0 Å². The van der Waals surface area contributed by atoms with Gasteiger partial charge in [-0.1, -0.05) is 19.1 Å². The van der Waals surface area contributed by atoms with Crippen LogP contribution in [0.3, 0.4) is 0 Å². The summed E-state index contributed by atoms with van der Waals surface area (Å²) in [5.74, 6) is -1.08. The molecule has 6 nitrogen and oxygen atoms in total. The molecule has 0 aliphatic carbocycles. The van der Waals surface area contributed by atoms with Crippen molar-refractivity contribution in [3.05, 3.63) is 12.2 Å². The molecule has 0 radical (unpaired) electrons. The van der Waals surface area contributed by atoms with Gasteiger partial charge >= 0.3 is 24.8 Å². The van der Waals surface area contributed by atoms with Gasteiger partial charge in [0.2, 0.25) is 0 Å². The Bertz CT molecular complexity index is 346. The fraction of sp³-hybridized carbons (Fsp3) is 0.733. The van der Waals surface area contributed by atoms with Crippen molar-refractivity contribution in [2.75, 3.05) is 19.8 Å². The van der Waals surface area contributed by atoms with E-state index in [2.05, 4.69) is 24.1 Å². The first kappa shape index (κ1) is 23.5. The van der Waals surface area contributed by atoms with E-state index in [4.69, 9.17) is 5.11 Å². The van der Waals surface area contributed by atoms with Crippen LogP contribution in [0, 0.1) is 0 Å². The number of carbonyl (C=O) groups is 1. The first-order chi connectivity index (χ1) is 9.95. The summed E-state index contributed by atoms with van der Waals surface area (Å²) in [7, 11) is 0. The van der Waals surface area contributed by atoms with Crippen LogP contribution in [0.25, 0.3) is 0 Å². The number of allylic oxidation sites excluding steroid dienone is 2. The van der Waals surface area contributed by atoms with Crippen LogP contribution in [0.1, 0.15) is 46.0 Å². The Balaban J connectivity index is 0. The summed E-state index contributed by atoms with van der Waals surface area (Å²) in [6.45, 7) is 4.40. The molecule has 0 aromatic rings. The number of carboxylic acid groups (broad SMARTS) is 1. The molecule has 0 amide bonds. The molecule has 0 fully saturated rings. The molecule has 22 heavy (non-hydrogen) atoms. The van der Waals surface area contributed by atoms with Crippen LogP contribution in [-0.4, -0.2) is 52.8 Å². The van der Waals surface area contributed by atoms with Crippen molar-refractivity contribution in [1.82, 2.24) is 4.90 Å². The number of aliphatic hydroxyl groups excluding tert-OH is 1. The van der Waals surface area contributed by atoms with Crippen LogP contribution in [0.2, 0.25) is 0 Å². The SMILES string of the molecule is CC/C=C/CCCC([O-])=NCN(CCC(=O)O)CC(C)O.[Li+]. The van der Waals surface area contributed by atoms with Crippen LogP contribution in [0.5, 0.6) is 0 Å². The Morgan fingerprint density at radius 3 is 2.59 bits per heavy atom. The molecule has 122 valence electrons. The number of hydrogen-bond acceptors (Lipinski definition) is 5. The van der Waals surface area contributed by atoms with E-state index in [0.717, 1.165) is 19.3 Å². The number of aliphatic hydroxyl groups is 1. The van der Waals surface area contributed by atoms with Gasteiger partial charge in [-0.3, -0.25) is 14.7 Å². The predicted octanol–water partition coefficient (Wildman–Crippen LogP) is -2.00. The molecule has 0 aliphatic rings. The fourth-order valence-electron chi connectivity index (χ4n) is 1.76. The van der Waals surface area contributed by atoms with Crippen molar-refractivity contribution in [1.29, 1.82) is 0 Å². The van der Waals surface area contributed by atoms with E-state index in [9.17, 15) is 15.0 Å². The van der Waals surface area contributed by atoms with Crippen LogP contribution in [0.15, 0.2) is 17.1 Å². The van der Waals surface area contributed by atoms with Crippen LogP contribution < -0.4 is 24.0 Å². The van der Waals surface area contributed by atoms with Gasteiger partial charge in [-0.2, -0.15) is 0 Å². The molecule has 1 unspecified atom stereocenters. The molecule has 0 bridgehead atoms. The molecular formula is C15H27LiN2O4. The quantitative estimate of drug-likeness (QED) is 0.143. The monoisotopic (exact) mass is 306 g/mol. The molecule has 0 spiro atoms. The van der Waals surface area contributed by atoms with Crippen LogP contribution in [-0.2, 0) is 4.79 Å². The van der Waals surface area contributed by atoms with E-state index < -0.39 is 12.1 Å². The number of carboxylic acids is 1. The average molecular weight is 306 g/mol. The predicted molar refractivity (Wildman–Crippen MR) is 81.1 cm³/mol. The second kappa shape index (κ2) is 15.1. The third-order valence-electron chi connectivity index (χ3n) is 2.78. The van der Waals surface area contributed by atoms with E-state index in [0.29, 0.717) is 13.0 Å². The van der Waals surface area contributed by atoms with Crippen LogP contribution in [0.4, 0.5) is 0 Å². The summed E-state index contributed by atoms with van der Waals surface area (Å²) in [4.78, 5) is 16.2. The average Bonchev–Trinajstić information content (AvgIpc) is 2.41. The topological polar surface area (TPSA) is 96.2 Å². The van der Waals surface area contributed by atoms with E-state index in [1.54, 1.807) is 11.8 Å². The number of rotatable bonds is 12. The molecule has 0 heterocycles. The van der Waals surface area contributed by atoms with Crippen molar-refractivity contribution in [3.8, 4) is 0 Å². The molecule has 7 heteroatoms. The number of nitrogens with zero attached hydrogens (tertiary/aromatic N) is 2. The minimum atomic E-state index is -0.903. The second-order valence-corrected chi connectivity index (χ2v) is 5.03. The Kier molecular flexibility index (Phi) is 16.1. The summed E-state index contributed by atoms with van der Waals surface area (Å²) in [6, 6.07) is 0. The van der Waals surface area contributed by atoms with Gasteiger partial charge in [0.1, 0.15) is 0 Å². The Labute approximate surface area is 145 Å². The fourth-order valence-corrected chi connectivity index (χ4v) is 1.76. The Morgan fingerprint density at radius 1 is 1.36 bits per heavy atom. The summed E-state index contributed by atoms with van der Waals surface area (Å²) >= 11 is 0. The van der Waals surface area contributed by atoms with E-state index >= 15 is 0 Å². The van der Waals surface area contributed by atoms with Gasteiger partial charge in [-0.15, -0.1) is 0 Å². The molecule has 2 N–H and O–H groups in total. The van der Waals surface area contributed by atoms with Crippen LogP contribution >= 0.6 is 0 Å². The maximum atomic E-state index is 11.6. The maximum Gasteiger partial charge on any atom is 1.00 e. The summed E-state index contributed by atoms with van der Waals surface area (Å²) in [5, 5.41) is 29.6. The normalized spacial score (nSPS) is 13.4. The van der Waals surface area contributed by atoms with Gasteiger partial charge in [0.05, 0.1) is 19.2 Å². The van der Waals surface area contributed by atoms with Crippen molar-refractivity contribution in [2.45, 2.75) is 52.1 Å². The van der Waals surface area contributed by atoms with E-state index in [1.165, 1.54) is 0 Å². The van der Waals surface area contributed by atoms with Crippen molar-refractivity contribution in [2.24, 2.45) is 4.99 Å². The summed E-state index contributed by atoms with van der Waals surface area (Å²) in [6.07, 6.45) is 6.54. The first-order valence-electron chi connectivity index (χ1n) is 7.43. The van der Waals surface area contributed by atoms with Gasteiger partial charge in [-0.25, -0.2) is 0 Å². The molecule has 0 aromatic heterocycles. The van der Waals surface area contributed by atoms with Gasteiger partial charge in [0.25, 0.3) is 0 Å². The minimum absolute atomic E-state index is 0. The van der Waals surface area contributed by atoms with E-state index in [-0.39, 0.29) is 44.4 Å². The zero-order valence-corrected chi connectivity index (χ0v) is 14.0. The third-order valence-corrected chi connectivity index (χ3v) is 2.78. The molecule has 0 rings (SSSR count). The molecule has 0 saturated carbocycles. The number of unbranched alkanes of at least 4 members (excludes halogenated alkanes) is 1. The van der Waals surface area contributed by atoms with Gasteiger partial charge < -0.3 is 15.3 Å². The zero-order chi connectivity index (χ0) is 16.1. The number of hydrogen-bond donors (Lipinski definition) is 2. The van der Waals surface area contributed by atoms with E-state index in [1.807, 2.05) is 0 Å². The zero-order valence-electron chi connectivity index (χ0n) is 14.0. The minimum Gasteiger partial charge on any atom is -0.862 e. The number of aliphatic carboxylic acids is 1.